The highest BCUT2D eigenvalue weighted by Crippen LogP contribution is 2.28. The number of aromatic amines is 1. The largest absolute Gasteiger partial charge is 0.369 e. The van der Waals surface area contributed by atoms with E-state index in [2.05, 4.69) is 33.2 Å². The van der Waals surface area contributed by atoms with Gasteiger partial charge in [0.2, 0.25) is 5.95 Å². The van der Waals surface area contributed by atoms with Gasteiger partial charge in [0.05, 0.1) is 17.4 Å². The van der Waals surface area contributed by atoms with Gasteiger partial charge in [0, 0.05) is 19.7 Å². The lowest BCUT2D eigenvalue weighted by atomic mass is 10.0. The van der Waals surface area contributed by atoms with Crippen LogP contribution < -0.4 is 0 Å². The molecule has 0 saturated carbocycles. The van der Waals surface area contributed by atoms with Crippen LogP contribution >= 0.6 is 0 Å². The summed E-state index contributed by atoms with van der Waals surface area (Å²) in [5.41, 5.74) is 4.22. The first-order valence-corrected chi connectivity index (χ1v) is 6.49. The third-order valence-corrected chi connectivity index (χ3v) is 3.00. The molecule has 3 rings (SSSR count). The lowest BCUT2D eigenvalue weighted by Gasteiger charge is -2.01. The van der Waals surface area contributed by atoms with Gasteiger partial charge in [0.1, 0.15) is 0 Å². The number of fused-ring (bicyclic) bond motifs is 1. The molecule has 0 aliphatic carbocycles. The molecular weight excluding hydrogens is 248 g/mol. The summed E-state index contributed by atoms with van der Waals surface area (Å²) >= 11 is 0. The van der Waals surface area contributed by atoms with Crippen LogP contribution in [0.5, 0.6) is 0 Å². The first-order valence-electron chi connectivity index (χ1n) is 6.49. The number of para-hydroxylation sites is 1. The number of aromatic nitrogens is 2. The van der Waals surface area contributed by atoms with E-state index >= 15 is 0 Å². The van der Waals surface area contributed by atoms with E-state index < -0.39 is 0 Å². The zero-order valence-corrected chi connectivity index (χ0v) is 11.5. The highest BCUT2D eigenvalue weighted by molar-refractivity contribution is 5.93. The van der Waals surface area contributed by atoms with Crippen LogP contribution in [0.15, 0.2) is 53.5 Å². The van der Waals surface area contributed by atoms with Crippen molar-refractivity contribution >= 4 is 23.3 Å². The molecule has 0 saturated heterocycles. The smallest absolute Gasteiger partial charge is 0.229 e. The summed E-state index contributed by atoms with van der Waals surface area (Å²) in [6.45, 7) is 0. The summed E-state index contributed by atoms with van der Waals surface area (Å²) in [4.78, 5) is 14.0. The third kappa shape index (κ3) is 2.40. The molecule has 0 aliphatic rings. The van der Waals surface area contributed by atoms with Gasteiger partial charge in [0.15, 0.2) is 0 Å². The van der Waals surface area contributed by atoms with Crippen molar-refractivity contribution in [1.82, 2.24) is 14.9 Å². The van der Waals surface area contributed by atoms with Gasteiger partial charge >= 0.3 is 0 Å². The van der Waals surface area contributed by atoms with Gasteiger partial charge in [-0.05, 0) is 11.6 Å². The van der Waals surface area contributed by atoms with Gasteiger partial charge in [0.25, 0.3) is 0 Å². The number of hydrogen-bond acceptors (Lipinski definition) is 2. The maximum Gasteiger partial charge on any atom is 0.229 e. The highest BCUT2D eigenvalue weighted by atomic mass is 15.1. The second kappa shape index (κ2) is 5.17. The molecule has 0 bridgehead atoms. The van der Waals surface area contributed by atoms with E-state index in [9.17, 15) is 0 Å². The lowest BCUT2D eigenvalue weighted by Crippen LogP contribution is -2.07. The van der Waals surface area contributed by atoms with E-state index in [0.717, 1.165) is 22.2 Å². The quantitative estimate of drug-likeness (QED) is 0.581. The Morgan fingerprint density at radius 1 is 1.05 bits per heavy atom. The number of nitrogens with one attached hydrogen (secondary N) is 1. The zero-order valence-electron chi connectivity index (χ0n) is 11.5. The molecule has 0 unspecified atom stereocenters. The molecule has 0 spiro atoms. The maximum absolute atomic E-state index is 4.58. The van der Waals surface area contributed by atoms with Gasteiger partial charge in [-0.15, -0.1) is 0 Å². The molecule has 0 radical (unpaired) electrons. The average molecular weight is 264 g/mol. The Bertz CT molecular complexity index is 742. The summed E-state index contributed by atoms with van der Waals surface area (Å²) in [6.07, 6.45) is 1.74. The highest BCUT2D eigenvalue weighted by Gasteiger charge is 2.07. The topological polar surface area (TPSA) is 44.3 Å². The Morgan fingerprint density at radius 3 is 2.60 bits per heavy atom. The first kappa shape index (κ1) is 12.4. The van der Waals surface area contributed by atoms with Crippen molar-refractivity contribution in [2.75, 3.05) is 14.1 Å². The third-order valence-electron chi connectivity index (χ3n) is 3.00. The number of aliphatic imine (C=N–C) groups is 1. The van der Waals surface area contributed by atoms with Crippen molar-refractivity contribution in [3.05, 3.63) is 48.5 Å². The number of H-pyrrole nitrogens is 1. The number of benzene rings is 2. The normalized spacial score (nSPS) is 11.3. The minimum absolute atomic E-state index is 0.622. The van der Waals surface area contributed by atoms with Gasteiger partial charge < -0.3 is 9.88 Å². The van der Waals surface area contributed by atoms with Gasteiger partial charge in [-0.3, -0.25) is 0 Å². The maximum atomic E-state index is 4.58. The number of nitrogens with zero attached hydrogens (tertiary/aromatic N) is 3. The van der Waals surface area contributed by atoms with Crippen LogP contribution in [0.1, 0.15) is 0 Å². The predicted molar refractivity (Wildman–Crippen MR) is 83.4 cm³/mol. The van der Waals surface area contributed by atoms with E-state index in [1.54, 1.807) is 6.34 Å². The second-order valence-electron chi connectivity index (χ2n) is 4.84. The predicted octanol–water partition coefficient (Wildman–Crippen LogP) is 3.45. The van der Waals surface area contributed by atoms with Crippen molar-refractivity contribution < 1.29 is 0 Å². The molecule has 100 valence electrons. The Kier molecular flexibility index (Phi) is 3.21. The molecule has 0 fully saturated rings. The van der Waals surface area contributed by atoms with Crippen LogP contribution in [0.2, 0.25) is 0 Å². The molecule has 4 nitrogen and oxygen atoms in total. The molecule has 4 heteroatoms. The molecule has 1 heterocycles. The summed E-state index contributed by atoms with van der Waals surface area (Å²) in [5, 5.41) is 0. The Morgan fingerprint density at radius 2 is 1.85 bits per heavy atom. The second-order valence-corrected chi connectivity index (χ2v) is 4.84. The fraction of sp³-hybridized carbons (Fsp3) is 0.125. The first-order chi connectivity index (χ1) is 9.74. The standard InChI is InChI=1S/C16H16N4/c1-20(2)11-17-16-18-14-10-6-9-13(15(14)19-16)12-7-4-3-5-8-12/h3-11H,1-2H3,(H,18,19)/b17-11+. The van der Waals surface area contributed by atoms with Crippen LogP contribution in [0, 0.1) is 0 Å². The minimum atomic E-state index is 0.622. The summed E-state index contributed by atoms with van der Waals surface area (Å²) in [6, 6.07) is 16.4. The van der Waals surface area contributed by atoms with E-state index in [1.807, 2.05) is 49.3 Å². The zero-order chi connectivity index (χ0) is 13.9. The summed E-state index contributed by atoms with van der Waals surface area (Å²) in [7, 11) is 3.86. The molecule has 3 aromatic rings. The molecular formula is C16H16N4. The van der Waals surface area contributed by atoms with Crippen molar-refractivity contribution in [2.45, 2.75) is 0 Å². The van der Waals surface area contributed by atoms with Crippen LogP contribution in [0.25, 0.3) is 22.2 Å². The monoisotopic (exact) mass is 264 g/mol. The number of imidazole rings is 1. The Labute approximate surface area is 117 Å². The van der Waals surface area contributed by atoms with Crippen molar-refractivity contribution in [1.29, 1.82) is 0 Å². The van der Waals surface area contributed by atoms with Crippen molar-refractivity contribution in [3.8, 4) is 11.1 Å². The summed E-state index contributed by atoms with van der Waals surface area (Å²) < 4.78 is 0. The van der Waals surface area contributed by atoms with Gasteiger partial charge in [-0.1, -0.05) is 42.5 Å². The molecule has 1 aromatic heterocycles. The molecule has 20 heavy (non-hydrogen) atoms. The fourth-order valence-corrected chi connectivity index (χ4v) is 2.10. The molecule has 0 aliphatic heterocycles. The van der Waals surface area contributed by atoms with Gasteiger partial charge in [-0.2, -0.15) is 0 Å². The van der Waals surface area contributed by atoms with Gasteiger partial charge in [-0.25, -0.2) is 9.98 Å². The molecule has 0 amide bonds. The fourth-order valence-electron chi connectivity index (χ4n) is 2.10. The van der Waals surface area contributed by atoms with Crippen LogP contribution in [-0.4, -0.2) is 35.3 Å². The van der Waals surface area contributed by atoms with Crippen molar-refractivity contribution in [2.24, 2.45) is 4.99 Å². The minimum Gasteiger partial charge on any atom is -0.369 e. The Hall–Kier alpha value is -2.62. The molecule has 0 atom stereocenters. The van der Waals surface area contributed by atoms with E-state index in [0.29, 0.717) is 5.95 Å². The molecule has 1 N–H and O–H groups in total. The van der Waals surface area contributed by atoms with E-state index in [4.69, 9.17) is 0 Å². The van der Waals surface area contributed by atoms with E-state index in [-0.39, 0.29) is 0 Å². The van der Waals surface area contributed by atoms with E-state index in [1.165, 1.54) is 0 Å². The van der Waals surface area contributed by atoms with Crippen LogP contribution in [-0.2, 0) is 0 Å². The molecule has 2 aromatic carbocycles. The number of rotatable bonds is 3. The van der Waals surface area contributed by atoms with Crippen LogP contribution in [0.3, 0.4) is 0 Å². The average Bonchev–Trinajstić information content (AvgIpc) is 2.89. The number of hydrogen-bond donors (Lipinski definition) is 1. The Balaban J connectivity index is 2.11. The van der Waals surface area contributed by atoms with Crippen LogP contribution in [0.4, 0.5) is 5.95 Å². The van der Waals surface area contributed by atoms with Crippen molar-refractivity contribution in [3.63, 3.8) is 0 Å². The summed E-state index contributed by atoms with van der Waals surface area (Å²) in [5.74, 6) is 0.622. The SMILES string of the molecule is CN(C)/C=N/c1nc2c(-c3ccccc3)cccc2[nH]1. The lowest BCUT2D eigenvalue weighted by molar-refractivity contribution is 0.642.